The normalized spacial score (nSPS) is 12.4. The molecule has 0 radical (unpaired) electrons. The van der Waals surface area contributed by atoms with E-state index >= 15 is 0 Å². The summed E-state index contributed by atoms with van der Waals surface area (Å²) in [6.45, 7) is 5.10. The van der Waals surface area contributed by atoms with Crippen molar-refractivity contribution in [1.82, 2.24) is 5.32 Å². The lowest BCUT2D eigenvalue weighted by atomic mass is 10.1. The van der Waals surface area contributed by atoms with Gasteiger partial charge < -0.3 is 5.32 Å². The van der Waals surface area contributed by atoms with Crippen molar-refractivity contribution in [2.45, 2.75) is 36.1 Å². The van der Waals surface area contributed by atoms with Crippen LogP contribution < -0.4 is 5.32 Å². The van der Waals surface area contributed by atoms with Gasteiger partial charge in [0, 0.05) is 16.0 Å². The van der Waals surface area contributed by atoms with E-state index < -0.39 is 0 Å². The fraction of sp³-hybridized carbons (Fsp3) is 0.294. The Kier molecular flexibility index (Phi) is 6.09. The summed E-state index contributed by atoms with van der Waals surface area (Å²) in [5, 5.41) is 4.07. The molecule has 0 bridgehead atoms. The standard InChI is InChI=1S/C17H19ClFNS/c1-3-10-20-12(2)15-8-5-9-16(19)17(15)21-14-7-4-6-13(18)11-14/h4-9,11-12,20H,3,10H2,1-2H3. The molecule has 0 heterocycles. The molecular weight excluding hydrogens is 305 g/mol. The summed E-state index contributed by atoms with van der Waals surface area (Å²) in [5.41, 5.74) is 0.980. The van der Waals surface area contributed by atoms with Crippen molar-refractivity contribution < 1.29 is 4.39 Å². The zero-order valence-electron chi connectivity index (χ0n) is 12.2. The van der Waals surface area contributed by atoms with Gasteiger partial charge in [0.05, 0.1) is 4.90 Å². The number of nitrogens with one attached hydrogen (secondary N) is 1. The van der Waals surface area contributed by atoms with E-state index in [0.717, 1.165) is 23.4 Å². The summed E-state index contributed by atoms with van der Waals surface area (Å²) in [6, 6.07) is 12.8. The predicted molar refractivity (Wildman–Crippen MR) is 88.7 cm³/mol. The molecule has 0 spiro atoms. The summed E-state index contributed by atoms with van der Waals surface area (Å²) in [4.78, 5) is 1.60. The molecule has 2 aromatic carbocycles. The number of hydrogen-bond acceptors (Lipinski definition) is 2. The van der Waals surface area contributed by atoms with Gasteiger partial charge >= 0.3 is 0 Å². The van der Waals surface area contributed by atoms with E-state index in [1.165, 1.54) is 17.8 Å². The topological polar surface area (TPSA) is 12.0 Å². The van der Waals surface area contributed by atoms with Crippen molar-refractivity contribution in [2.75, 3.05) is 6.54 Å². The van der Waals surface area contributed by atoms with Crippen LogP contribution in [0.1, 0.15) is 31.9 Å². The van der Waals surface area contributed by atoms with Gasteiger partial charge in [0.15, 0.2) is 0 Å². The van der Waals surface area contributed by atoms with Gasteiger partial charge in [0.1, 0.15) is 5.82 Å². The van der Waals surface area contributed by atoms with Gasteiger partial charge in [-0.1, -0.05) is 48.5 Å². The van der Waals surface area contributed by atoms with Crippen molar-refractivity contribution in [3.63, 3.8) is 0 Å². The van der Waals surface area contributed by atoms with Gasteiger partial charge in [0.2, 0.25) is 0 Å². The maximum atomic E-state index is 14.2. The average molecular weight is 324 g/mol. The molecule has 1 nitrogen and oxygen atoms in total. The van der Waals surface area contributed by atoms with E-state index in [9.17, 15) is 4.39 Å². The SMILES string of the molecule is CCCNC(C)c1cccc(F)c1Sc1cccc(Cl)c1. The highest BCUT2D eigenvalue weighted by Crippen LogP contribution is 2.36. The summed E-state index contributed by atoms with van der Waals surface area (Å²) < 4.78 is 14.2. The number of halogens is 2. The molecule has 0 aliphatic carbocycles. The van der Waals surface area contributed by atoms with Crippen molar-refractivity contribution in [2.24, 2.45) is 0 Å². The molecule has 2 aromatic rings. The van der Waals surface area contributed by atoms with Crippen LogP contribution >= 0.6 is 23.4 Å². The summed E-state index contributed by atoms with van der Waals surface area (Å²) >= 11 is 7.42. The first-order valence-electron chi connectivity index (χ1n) is 7.07. The first kappa shape index (κ1) is 16.3. The van der Waals surface area contributed by atoms with E-state index in [0.29, 0.717) is 9.92 Å². The number of benzene rings is 2. The molecule has 0 aliphatic heterocycles. The monoisotopic (exact) mass is 323 g/mol. The Morgan fingerprint density at radius 2 is 2.00 bits per heavy atom. The zero-order valence-corrected chi connectivity index (χ0v) is 13.8. The van der Waals surface area contributed by atoms with E-state index in [1.807, 2.05) is 30.3 Å². The Bertz CT molecular complexity index is 603. The summed E-state index contributed by atoms with van der Waals surface area (Å²) in [6.07, 6.45) is 1.05. The smallest absolute Gasteiger partial charge is 0.137 e. The van der Waals surface area contributed by atoms with Gasteiger partial charge in [-0.25, -0.2) is 4.39 Å². The molecule has 1 unspecified atom stereocenters. The highest BCUT2D eigenvalue weighted by Gasteiger charge is 2.15. The van der Waals surface area contributed by atoms with Crippen LogP contribution in [0.25, 0.3) is 0 Å². The van der Waals surface area contributed by atoms with Crippen molar-refractivity contribution in [3.05, 3.63) is 58.9 Å². The zero-order chi connectivity index (χ0) is 15.2. The van der Waals surface area contributed by atoms with E-state index in [-0.39, 0.29) is 11.9 Å². The van der Waals surface area contributed by atoms with Crippen molar-refractivity contribution >= 4 is 23.4 Å². The Morgan fingerprint density at radius 3 is 2.71 bits per heavy atom. The third-order valence-corrected chi connectivity index (χ3v) is 4.54. The van der Waals surface area contributed by atoms with Crippen LogP contribution in [0.4, 0.5) is 4.39 Å². The molecule has 1 N–H and O–H groups in total. The molecule has 0 saturated carbocycles. The minimum Gasteiger partial charge on any atom is -0.310 e. The summed E-state index contributed by atoms with van der Waals surface area (Å²) in [5.74, 6) is -0.192. The third kappa shape index (κ3) is 4.47. The van der Waals surface area contributed by atoms with E-state index in [2.05, 4.69) is 19.2 Å². The lowest BCUT2D eigenvalue weighted by Gasteiger charge is -2.18. The molecule has 1 atom stereocenters. The van der Waals surface area contributed by atoms with Crippen LogP contribution in [0.15, 0.2) is 52.3 Å². The molecule has 4 heteroatoms. The largest absolute Gasteiger partial charge is 0.310 e. The number of rotatable bonds is 6. The third-order valence-electron chi connectivity index (χ3n) is 3.18. The van der Waals surface area contributed by atoms with Gasteiger partial charge in [-0.05, 0) is 49.7 Å². The Morgan fingerprint density at radius 1 is 1.24 bits per heavy atom. The first-order valence-corrected chi connectivity index (χ1v) is 8.26. The Balaban J connectivity index is 2.29. The van der Waals surface area contributed by atoms with Crippen molar-refractivity contribution in [1.29, 1.82) is 0 Å². The quantitative estimate of drug-likeness (QED) is 0.732. The molecule has 0 amide bonds. The molecular formula is C17H19ClFNS. The maximum Gasteiger partial charge on any atom is 0.137 e. The maximum absolute atomic E-state index is 14.2. The van der Waals surface area contributed by atoms with Crippen LogP contribution in [0, 0.1) is 5.82 Å². The highest BCUT2D eigenvalue weighted by molar-refractivity contribution is 7.99. The van der Waals surface area contributed by atoms with Crippen LogP contribution in [0.3, 0.4) is 0 Å². The van der Waals surface area contributed by atoms with Gasteiger partial charge in [0.25, 0.3) is 0 Å². The molecule has 0 aliphatic rings. The average Bonchev–Trinajstić information content (AvgIpc) is 2.47. The van der Waals surface area contributed by atoms with Gasteiger partial charge in [-0.15, -0.1) is 0 Å². The number of hydrogen-bond donors (Lipinski definition) is 1. The van der Waals surface area contributed by atoms with E-state index in [1.54, 1.807) is 6.07 Å². The first-order chi connectivity index (χ1) is 10.1. The molecule has 0 aromatic heterocycles. The fourth-order valence-electron chi connectivity index (χ4n) is 2.09. The fourth-order valence-corrected chi connectivity index (χ4v) is 3.44. The Hall–Kier alpha value is -1.03. The predicted octanol–water partition coefficient (Wildman–Crippen LogP) is 5.69. The van der Waals surface area contributed by atoms with Crippen LogP contribution in [0.5, 0.6) is 0 Å². The lowest BCUT2D eigenvalue weighted by molar-refractivity contribution is 0.543. The second kappa shape index (κ2) is 7.83. The second-order valence-corrected chi connectivity index (χ2v) is 6.41. The highest BCUT2D eigenvalue weighted by atomic mass is 35.5. The van der Waals surface area contributed by atoms with Crippen molar-refractivity contribution in [3.8, 4) is 0 Å². The minimum absolute atomic E-state index is 0.113. The van der Waals surface area contributed by atoms with Gasteiger partial charge in [-0.2, -0.15) is 0 Å². The molecule has 0 saturated heterocycles. The molecule has 21 heavy (non-hydrogen) atoms. The second-order valence-electron chi connectivity index (χ2n) is 4.89. The van der Waals surface area contributed by atoms with Gasteiger partial charge in [-0.3, -0.25) is 0 Å². The van der Waals surface area contributed by atoms with Crippen LogP contribution in [-0.2, 0) is 0 Å². The van der Waals surface area contributed by atoms with Crippen LogP contribution in [0.2, 0.25) is 5.02 Å². The molecule has 2 rings (SSSR count). The Labute approximate surface area is 134 Å². The van der Waals surface area contributed by atoms with E-state index in [4.69, 9.17) is 11.6 Å². The molecule has 112 valence electrons. The van der Waals surface area contributed by atoms with Crippen LogP contribution in [-0.4, -0.2) is 6.54 Å². The lowest BCUT2D eigenvalue weighted by Crippen LogP contribution is -2.20. The minimum atomic E-state index is -0.192. The molecule has 0 fully saturated rings. The summed E-state index contributed by atoms with van der Waals surface area (Å²) in [7, 11) is 0.